The number of aromatic nitrogens is 4. The Balaban J connectivity index is 1.47. The highest BCUT2D eigenvalue weighted by Crippen LogP contribution is 2.36. The lowest BCUT2D eigenvalue weighted by molar-refractivity contribution is 0.0604. The monoisotopic (exact) mass is 433 g/mol. The van der Waals surface area contributed by atoms with Gasteiger partial charge in [0.25, 0.3) is 5.91 Å². The Hall–Kier alpha value is -3.26. The van der Waals surface area contributed by atoms with Crippen LogP contribution in [0.3, 0.4) is 0 Å². The van der Waals surface area contributed by atoms with E-state index in [1.807, 2.05) is 54.3 Å². The van der Waals surface area contributed by atoms with E-state index in [1.54, 1.807) is 23.1 Å². The lowest BCUT2D eigenvalue weighted by Crippen LogP contribution is -2.39. The number of piperidine rings is 1. The smallest absolute Gasteiger partial charge is 0.276 e. The number of likely N-dealkylation sites (tertiary alicyclic amines) is 1. The number of carbonyl (C=O) groups is 1. The van der Waals surface area contributed by atoms with E-state index in [-0.39, 0.29) is 11.9 Å². The van der Waals surface area contributed by atoms with E-state index in [9.17, 15) is 4.79 Å². The molecule has 0 bridgehead atoms. The van der Waals surface area contributed by atoms with E-state index in [0.717, 1.165) is 45.9 Å². The Morgan fingerprint density at radius 1 is 1.16 bits per heavy atom. The van der Waals surface area contributed by atoms with Crippen LogP contribution in [0.4, 0.5) is 0 Å². The summed E-state index contributed by atoms with van der Waals surface area (Å²) in [5.41, 5.74) is 2.90. The minimum Gasteiger partial charge on any atom is -0.497 e. The van der Waals surface area contributed by atoms with Crippen molar-refractivity contribution in [1.29, 1.82) is 0 Å². The van der Waals surface area contributed by atoms with E-state index in [0.29, 0.717) is 17.9 Å². The van der Waals surface area contributed by atoms with Gasteiger partial charge in [-0.3, -0.25) is 4.79 Å². The quantitative estimate of drug-likeness (QED) is 0.472. The summed E-state index contributed by atoms with van der Waals surface area (Å²) in [6.45, 7) is 2.58. The third kappa shape index (κ3) is 3.57. The lowest BCUT2D eigenvalue weighted by atomic mass is 10.0. The van der Waals surface area contributed by atoms with E-state index < -0.39 is 0 Å². The molecule has 4 aromatic rings. The van der Waals surface area contributed by atoms with Crippen LogP contribution in [0.15, 0.2) is 48.5 Å². The summed E-state index contributed by atoms with van der Waals surface area (Å²) in [6, 6.07) is 15.7. The molecule has 1 saturated heterocycles. The molecule has 0 N–H and O–H groups in total. The summed E-state index contributed by atoms with van der Waals surface area (Å²) in [6.07, 6.45) is 2.98. The number of ether oxygens (including phenoxy) is 1. The van der Waals surface area contributed by atoms with Gasteiger partial charge < -0.3 is 9.64 Å². The normalized spacial score (nSPS) is 16.6. The van der Waals surface area contributed by atoms with Crippen molar-refractivity contribution in [2.24, 2.45) is 0 Å². The SMILES string of the molecule is COc1cccc(-n2nnc(C(=O)N3CCCCC3c3nc4ccccc4s3)c2C)c1. The summed E-state index contributed by atoms with van der Waals surface area (Å²) >= 11 is 1.67. The number of carbonyl (C=O) groups excluding carboxylic acids is 1. The Bertz CT molecular complexity index is 1210. The third-order valence-corrected chi connectivity index (χ3v) is 6.89. The fourth-order valence-electron chi connectivity index (χ4n) is 4.11. The highest BCUT2D eigenvalue weighted by molar-refractivity contribution is 7.18. The molecule has 5 rings (SSSR count). The average Bonchev–Trinajstić information content (AvgIpc) is 3.42. The zero-order valence-corrected chi connectivity index (χ0v) is 18.3. The maximum atomic E-state index is 13.5. The van der Waals surface area contributed by atoms with Crippen molar-refractivity contribution in [1.82, 2.24) is 24.9 Å². The molecule has 1 aliphatic rings. The van der Waals surface area contributed by atoms with Crippen molar-refractivity contribution in [3.05, 3.63) is 64.9 Å². The van der Waals surface area contributed by atoms with Gasteiger partial charge in [0.15, 0.2) is 5.69 Å². The molecular weight excluding hydrogens is 410 g/mol. The Labute approximate surface area is 184 Å². The summed E-state index contributed by atoms with van der Waals surface area (Å²) in [7, 11) is 1.63. The van der Waals surface area contributed by atoms with Crippen LogP contribution in [0.2, 0.25) is 0 Å². The molecule has 1 aliphatic heterocycles. The summed E-state index contributed by atoms with van der Waals surface area (Å²) in [4.78, 5) is 20.3. The number of hydrogen-bond donors (Lipinski definition) is 0. The molecule has 7 nitrogen and oxygen atoms in total. The van der Waals surface area contributed by atoms with Crippen molar-refractivity contribution in [2.75, 3.05) is 13.7 Å². The van der Waals surface area contributed by atoms with E-state index in [4.69, 9.17) is 9.72 Å². The van der Waals surface area contributed by atoms with Crippen LogP contribution in [-0.4, -0.2) is 44.4 Å². The minimum atomic E-state index is -0.0874. The average molecular weight is 434 g/mol. The van der Waals surface area contributed by atoms with Crippen molar-refractivity contribution in [3.63, 3.8) is 0 Å². The number of fused-ring (bicyclic) bond motifs is 1. The molecule has 31 heavy (non-hydrogen) atoms. The zero-order chi connectivity index (χ0) is 21.4. The second kappa shape index (κ2) is 8.11. The molecule has 158 valence electrons. The van der Waals surface area contributed by atoms with Crippen molar-refractivity contribution < 1.29 is 9.53 Å². The second-order valence-corrected chi connectivity index (χ2v) is 8.73. The van der Waals surface area contributed by atoms with Gasteiger partial charge in [0.05, 0.1) is 34.7 Å². The first-order valence-electron chi connectivity index (χ1n) is 10.4. The number of rotatable bonds is 4. The number of benzene rings is 2. The van der Waals surface area contributed by atoms with Gasteiger partial charge in [-0.2, -0.15) is 0 Å². The molecule has 8 heteroatoms. The molecule has 0 radical (unpaired) electrons. The Morgan fingerprint density at radius 2 is 2.03 bits per heavy atom. The van der Waals surface area contributed by atoms with E-state index in [1.165, 1.54) is 0 Å². The fourth-order valence-corrected chi connectivity index (χ4v) is 5.23. The van der Waals surface area contributed by atoms with Crippen LogP contribution in [0, 0.1) is 6.92 Å². The third-order valence-electron chi connectivity index (χ3n) is 5.75. The van der Waals surface area contributed by atoms with Gasteiger partial charge in [0.2, 0.25) is 0 Å². The second-order valence-electron chi connectivity index (χ2n) is 7.67. The molecule has 1 fully saturated rings. The van der Waals surface area contributed by atoms with Gasteiger partial charge >= 0.3 is 0 Å². The highest BCUT2D eigenvalue weighted by atomic mass is 32.1. The summed E-state index contributed by atoms with van der Waals surface area (Å²) < 4.78 is 8.15. The van der Waals surface area contributed by atoms with Crippen LogP contribution in [0.1, 0.15) is 46.5 Å². The maximum Gasteiger partial charge on any atom is 0.276 e. The predicted molar refractivity (Wildman–Crippen MR) is 120 cm³/mol. The Morgan fingerprint density at radius 3 is 2.87 bits per heavy atom. The Kier molecular flexibility index (Phi) is 5.15. The van der Waals surface area contributed by atoms with Gasteiger partial charge in [-0.1, -0.05) is 23.4 Å². The van der Waals surface area contributed by atoms with Crippen molar-refractivity contribution in [3.8, 4) is 11.4 Å². The van der Waals surface area contributed by atoms with Crippen LogP contribution in [0.5, 0.6) is 5.75 Å². The molecule has 1 unspecified atom stereocenters. The van der Waals surface area contributed by atoms with Crippen LogP contribution in [0.25, 0.3) is 15.9 Å². The summed E-state index contributed by atoms with van der Waals surface area (Å²) in [5, 5.41) is 9.51. The first-order valence-corrected chi connectivity index (χ1v) is 11.2. The number of para-hydroxylation sites is 1. The van der Waals surface area contributed by atoms with Gasteiger partial charge in [0, 0.05) is 12.6 Å². The number of amides is 1. The molecule has 1 atom stereocenters. The minimum absolute atomic E-state index is 0.0278. The van der Waals surface area contributed by atoms with Crippen LogP contribution >= 0.6 is 11.3 Å². The number of methoxy groups -OCH3 is 1. The standard InChI is InChI=1S/C23H23N5O2S/c1-15-21(25-26-28(15)16-8-7-9-17(14-16)30-2)23(29)27-13-6-5-11-19(27)22-24-18-10-3-4-12-20(18)31-22/h3-4,7-10,12,14,19H,5-6,11,13H2,1-2H3. The molecule has 0 aliphatic carbocycles. The number of thiazole rings is 1. The molecule has 3 heterocycles. The van der Waals surface area contributed by atoms with Crippen molar-refractivity contribution >= 4 is 27.5 Å². The van der Waals surface area contributed by atoms with Gasteiger partial charge in [-0.25, -0.2) is 9.67 Å². The number of hydrogen-bond acceptors (Lipinski definition) is 6. The molecule has 2 aromatic carbocycles. The maximum absolute atomic E-state index is 13.5. The fraction of sp³-hybridized carbons (Fsp3) is 0.304. The largest absolute Gasteiger partial charge is 0.497 e. The van der Waals surface area contributed by atoms with Crippen LogP contribution < -0.4 is 4.74 Å². The topological polar surface area (TPSA) is 73.1 Å². The van der Waals surface area contributed by atoms with E-state index in [2.05, 4.69) is 16.4 Å². The predicted octanol–water partition coefficient (Wildman–Crippen LogP) is 4.56. The van der Waals surface area contributed by atoms with E-state index >= 15 is 0 Å². The van der Waals surface area contributed by atoms with Crippen LogP contribution in [-0.2, 0) is 0 Å². The van der Waals surface area contributed by atoms with Gasteiger partial charge in [0.1, 0.15) is 10.8 Å². The van der Waals surface area contributed by atoms with Gasteiger partial charge in [-0.05, 0) is 50.5 Å². The lowest BCUT2D eigenvalue weighted by Gasteiger charge is -2.34. The number of nitrogens with zero attached hydrogens (tertiary/aromatic N) is 5. The zero-order valence-electron chi connectivity index (χ0n) is 17.5. The van der Waals surface area contributed by atoms with Crippen molar-refractivity contribution in [2.45, 2.75) is 32.2 Å². The highest BCUT2D eigenvalue weighted by Gasteiger charge is 2.33. The molecule has 0 saturated carbocycles. The van der Waals surface area contributed by atoms with Gasteiger partial charge in [-0.15, -0.1) is 16.4 Å². The molecular formula is C23H23N5O2S. The summed E-state index contributed by atoms with van der Waals surface area (Å²) in [5.74, 6) is 0.641. The first kappa shape index (κ1) is 19.7. The molecule has 1 amide bonds. The first-order chi connectivity index (χ1) is 15.2. The molecule has 2 aromatic heterocycles. The molecule has 0 spiro atoms.